The van der Waals surface area contributed by atoms with Gasteiger partial charge in [-0.25, -0.2) is 4.39 Å². The molecule has 3 aromatic carbocycles. The summed E-state index contributed by atoms with van der Waals surface area (Å²) >= 11 is 0. The first-order valence-corrected chi connectivity index (χ1v) is 12.4. The van der Waals surface area contributed by atoms with Crippen molar-refractivity contribution in [3.63, 3.8) is 0 Å². The number of fused-ring (bicyclic) bond motifs is 1. The van der Waals surface area contributed by atoms with Gasteiger partial charge in [0.1, 0.15) is 17.3 Å². The Morgan fingerprint density at radius 2 is 1.59 bits per heavy atom. The van der Waals surface area contributed by atoms with Crippen molar-refractivity contribution in [3.8, 4) is 22.8 Å². The van der Waals surface area contributed by atoms with Crippen LogP contribution in [0.4, 0.5) is 17.6 Å². The average Bonchev–Trinajstić information content (AvgIpc) is 2.90. The van der Waals surface area contributed by atoms with Crippen LogP contribution in [0.5, 0.6) is 11.5 Å². The lowest BCUT2D eigenvalue weighted by Crippen LogP contribution is -2.19. The van der Waals surface area contributed by atoms with E-state index in [1.54, 1.807) is 30.5 Å². The van der Waals surface area contributed by atoms with Crippen LogP contribution in [-0.2, 0) is 12.8 Å². The molecule has 1 aromatic heterocycles. The maximum Gasteiger partial charge on any atom is 0.422 e. The van der Waals surface area contributed by atoms with Crippen molar-refractivity contribution >= 4 is 10.8 Å². The van der Waals surface area contributed by atoms with Gasteiger partial charge in [-0.3, -0.25) is 4.98 Å². The number of hydrogen-bond acceptors (Lipinski definition) is 3. The summed E-state index contributed by atoms with van der Waals surface area (Å²) in [6.45, 7) is 1.50. The Labute approximate surface area is 214 Å². The number of alkyl halides is 3. The molecule has 0 aliphatic carbocycles. The van der Waals surface area contributed by atoms with Crippen LogP contribution in [0, 0.1) is 5.82 Å². The smallest absolute Gasteiger partial charge is 0.422 e. The molecule has 0 aliphatic rings. The number of ether oxygens (including phenoxy) is 2. The zero-order valence-electron chi connectivity index (χ0n) is 20.7. The first kappa shape index (κ1) is 26.5. The summed E-state index contributed by atoms with van der Waals surface area (Å²) in [4.78, 5) is 4.50. The normalized spacial score (nSPS) is 11.6. The van der Waals surface area contributed by atoms with Crippen LogP contribution in [0.25, 0.3) is 22.0 Å². The maximum absolute atomic E-state index is 15.2. The number of unbranched alkanes of at least 4 members (excludes halogenated alkanes) is 2. The molecule has 0 amide bonds. The van der Waals surface area contributed by atoms with E-state index in [1.165, 1.54) is 12.1 Å². The minimum atomic E-state index is -4.38. The van der Waals surface area contributed by atoms with Gasteiger partial charge in [-0.05, 0) is 66.1 Å². The summed E-state index contributed by atoms with van der Waals surface area (Å²) < 4.78 is 62.6. The molecule has 0 N–H and O–H groups in total. The second-order valence-corrected chi connectivity index (χ2v) is 8.96. The quantitative estimate of drug-likeness (QED) is 0.150. The molecule has 0 radical (unpaired) electrons. The van der Waals surface area contributed by atoms with Crippen molar-refractivity contribution in [2.45, 2.75) is 45.2 Å². The molecular formula is C30H29F4NO2. The summed E-state index contributed by atoms with van der Waals surface area (Å²) in [5, 5.41) is 1.32. The van der Waals surface area contributed by atoms with Crippen LogP contribution in [0.2, 0.25) is 0 Å². The third kappa shape index (κ3) is 7.44. The van der Waals surface area contributed by atoms with Gasteiger partial charge in [0.25, 0.3) is 0 Å². The topological polar surface area (TPSA) is 31.4 Å². The van der Waals surface area contributed by atoms with Crippen LogP contribution < -0.4 is 9.47 Å². The molecule has 0 spiro atoms. The molecule has 0 saturated carbocycles. The van der Waals surface area contributed by atoms with Gasteiger partial charge >= 0.3 is 6.18 Å². The van der Waals surface area contributed by atoms with Crippen molar-refractivity contribution in [1.29, 1.82) is 0 Å². The number of benzene rings is 3. The Hall–Kier alpha value is -3.61. The summed E-state index contributed by atoms with van der Waals surface area (Å²) in [5.41, 5.74) is 3.15. The minimum absolute atomic E-state index is 0.150. The van der Waals surface area contributed by atoms with Crippen LogP contribution in [0.1, 0.15) is 37.3 Å². The van der Waals surface area contributed by atoms with Gasteiger partial charge in [0, 0.05) is 10.9 Å². The average molecular weight is 512 g/mol. The van der Waals surface area contributed by atoms with E-state index in [1.807, 2.05) is 30.3 Å². The van der Waals surface area contributed by atoms with E-state index in [0.717, 1.165) is 47.2 Å². The number of rotatable bonds is 11. The highest BCUT2D eigenvalue weighted by Gasteiger charge is 2.28. The Morgan fingerprint density at radius 1 is 0.811 bits per heavy atom. The largest absolute Gasteiger partial charge is 0.492 e. The highest BCUT2D eigenvalue weighted by atomic mass is 19.4. The Morgan fingerprint density at radius 3 is 2.30 bits per heavy atom. The lowest BCUT2D eigenvalue weighted by molar-refractivity contribution is -0.153. The fourth-order valence-corrected chi connectivity index (χ4v) is 4.06. The Kier molecular flexibility index (Phi) is 8.64. The first-order chi connectivity index (χ1) is 17.8. The van der Waals surface area contributed by atoms with Gasteiger partial charge < -0.3 is 9.47 Å². The van der Waals surface area contributed by atoms with E-state index in [2.05, 4.69) is 11.9 Å². The molecular weight excluding hydrogens is 482 g/mol. The molecule has 0 aliphatic heterocycles. The highest BCUT2D eigenvalue weighted by molar-refractivity contribution is 5.88. The van der Waals surface area contributed by atoms with Crippen molar-refractivity contribution in [1.82, 2.24) is 4.98 Å². The second kappa shape index (κ2) is 12.1. The van der Waals surface area contributed by atoms with Gasteiger partial charge in [-0.1, -0.05) is 56.2 Å². The number of aryl methyl sites for hydroxylation is 2. The third-order valence-electron chi connectivity index (χ3n) is 6.09. The Balaban J connectivity index is 1.39. The van der Waals surface area contributed by atoms with E-state index in [4.69, 9.17) is 9.47 Å². The number of pyridine rings is 1. The molecule has 4 aromatic rings. The number of aromatic nitrogens is 1. The Bertz CT molecular complexity index is 1300. The number of nitrogens with zero attached hydrogens (tertiary/aromatic N) is 1. The highest BCUT2D eigenvalue weighted by Crippen LogP contribution is 2.28. The fourth-order valence-electron chi connectivity index (χ4n) is 4.06. The fraction of sp³-hybridized carbons (Fsp3) is 0.300. The predicted molar refractivity (Wildman–Crippen MR) is 138 cm³/mol. The SMILES string of the molecule is CCCCCOc1ccc(-c2ccc3c(F)c(CCc4ccc(OCC(F)(F)F)cc4)ccc3c2)nc1. The molecule has 7 heteroatoms. The van der Waals surface area contributed by atoms with Crippen molar-refractivity contribution in [2.75, 3.05) is 13.2 Å². The maximum atomic E-state index is 15.2. The van der Waals surface area contributed by atoms with Crippen molar-refractivity contribution < 1.29 is 27.0 Å². The van der Waals surface area contributed by atoms with Crippen LogP contribution in [-0.4, -0.2) is 24.4 Å². The molecule has 0 unspecified atom stereocenters. The summed E-state index contributed by atoms with van der Waals surface area (Å²) in [7, 11) is 0. The lowest BCUT2D eigenvalue weighted by Gasteiger charge is -2.11. The predicted octanol–water partition coefficient (Wildman–Crippen LogP) is 8.34. The molecule has 37 heavy (non-hydrogen) atoms. The van der Waals surface area contributed by atoms with E-state index in [-0.39, 0.29) is 11.6 Å². The van der Waals surface area contributed by atoms with Gasteiger partial charge in [0.15, 0.2) is 6.61 Å². The van der Waals surface area contributed by atoms with Crippen LogP contribution >= 0.6 is 0 Å². The molecule has 1 heterocycles. The molecule has 0 atom stereocenters. The van der Waals surface area contributed by atoms with Gasteiger partial charge in [-0.2, -0.15) is 13.2 Å². The lowest BCUT2D eigenvalue weighted by atomic mass is 9.98. The zero-order valence-corrected chi connectivity index (χ0v) is 20.7. The molecule has 0 fully saturated rings. The summed E-state index contributed by atoms with van der Waals surface area (Å²) in [6, 6.07) is 19.4. The van der Waals surface area contributed by atoms with E-state index < -0.39 is 12.8 Å². The third-order valence-corrected chi connectivity index (χ3v) is 6.09. The van der Waals surface area contributed by atoms with Crippen LogP contribution in [0.15, 0.2) is 72.9 Å². The van der Waals surface area contributed by atoms with Crippen molar-refractivity contribution in [2.24, 2.45) is 0 Å². The van der Waals surface area contributed by atoms with E-state index in [9.17, 15) is 13.2 Å². The van der Waals surface area contributed by atoms with Gasteiger partial charge in [0.05, 0.1) is 18.5 Å². The monoisotopic (exact) mass is 511 g/mol. The zero-order chi connectivity index (χ0) is 26.3. The molecule has 3 nitrogen and oxygen atoms in total. The number of hydrogen-bond donors (Lipinski definition) is 0. The van der Waals surface area contributed by atoms with Gasteiger partial charge in [0.2, 0.25) is 0 Å². The molecule has 0 saturated heterocycles. The van der Waals surface area contributed by atoms with Crippen LogP contribution in [0.3, 0.4) is 0 Å². The van der Waals surface area contributed by atoms with E-state index in [0.29, 0.717) is 30.4 Å². The summed E-state index contributed by atoms with van der Waals surface area (Å²) in [6.07, 6.45) is 1.65. The molecule has 194 valence electrons. The standard InChI is InChI=1S/C30H29F4NO2/c1-2-3-4-17-36-26-14-16-28(35-19-26)24-11-15-27-23(18-24)10-9-22(29(27)31)8-5-21-6-12-25(13-7-21)37-20-30(32,33)34/h6-7,9-16,18-19H,2-5,8,17,20H2,1H3. The summed E-state index contributed by atoms with van der Waals surface area (Å²) in [5.74, 6) is 0.621. The number of halogens is 4. The minimum Gasteiger partial charge on any atom is -0.492 e. The first-order valence-electron chi connectivity index (χ1n) is 12.4. The second-order valence-electron chi connectivity index (χ2n) is 8.96. The van der Waals surface area contributed by atoms with E-state index >= 15 is 4.39 Å². The van der Waals surface area contributed by atoms with Crippen molar-refractivity contribution in [3.05, 3.63) is 89.9 Å². The van der Waals surface area contributed by atoms with Gasteiger partial charge in [-0.15, -0.1) is 0 Å². The molecule has 4 rings (SSSR count). The molecule has 0 bridgehead atoms.